The Labute approximate surface area is 102 Å². The van der Waals surface area contributed by atoms with Crippen LogP contribution in [0.3, 0.4) is 0 Å². The number of carbonyl (C=O) groups excluding carboxylic acids is 1. The molecule has 0 unspecified atom stereocenters. The fourth-order valence-corrected chi connectivity index (χ4v) is 2.45. The molecule has 0 spiro atoms. The second-order valence-corrected chi connectivity index (χ2v) is 5.79. The summed E-state index contributed by atoms with van der Waals surface area (Å²) in [6, 6.07) is 0. The first-order valence-electron chi connectivity index (χ1n) is 5.36. The van der Waals surface area contributed by atoms with E-state index in [1.807, 2.05) is 0 Å². The summed E-state index contributed by atoms with van der Waals surface area (Å²) in [4.78, 5) is 11.5. The van der Waals surface area contributed by atoms with E-state index in [1.165, 1.54) is 0 Å². The zero-order valence-electron chi connectivity index (χ0n) is 10.7. The Balaban J connectivity index is 4.53. The van der Waals surface area contributed by atoms with E-state index in [0.29, 0.717) is 0 Å². The van der Waals surface area contributed by atoms with Gasteiger partial charge in [0.1, 0.15) is 6.16 Å². The molecule has 0 heterocycles. The molecule has 0 fully saturated rings. The Bertz CT molecular complexity index is 332. The van der Waals surface area contributed by atoms with Gasteiger partial charge in [0.25, 0.3) is 0 Å². The largest absolute Gasteiger partial charge is 0.446 e. The lowest BCUT2D eigenvalue weighted by molar-refractivity contribution is -0.148. The Kier molecular flexibility index (Phi) is 6.48. The Morgan fingerprint density at radius 3 is 2.12 bits per heavy atom. The molecule has 0 aromatic rings. The van der Waals surface area contributed by atoms with Crippen LogP contribution in [-0.4, -0.2) is 30.9 Å². The predicted molar refractivity (Wildman–Crippen MR) is 64.7 cm³/mol. The second kappa shape index (κ2) is 6.80. The number of esters is 1. The Morgan fingerprint density at radius 2 is 1.76 bits per heavy atom. The van der Waals surface area contributed by atoms with Crippen molar-refractivity contribution in [2.24, 2.45) is 0 Å². The average Bonchev–Trinajstić information content (AvgIpc) is 2.16. The van der Waals surface area contributed by atoms with Crippen molar-refractivity contribution in [1.82, 2.24) is 0 Å². The van der Waals surface area contributed by atoms with Gasteiger partial charge in [-0.15, -0.1) is 6.42 Å². The SMILES string of the molecule is C#CC(C)(C)OC(=O)CP(=O)(OCC)OCC. The normalized spacial score (nSPS) is 11.9. The van der Waals surface area contributed by atoms with Crippen LogP contribution in [0.2, 0.25) is 0 Å². The lowest BCUT2D eigenvalue weighted by atomic mass is 10.1. The summed E-state index contributed by atoms with van der Waals surface area (Å²) < 4.78 is 26.9. The van der Waals surface area contributed by atoms with Gasteiger partial charge in [-0.05, 0) is 27.7 Å². The van der Waals surface area contributed by atoms with E-state index in [4.69, 9.17) is 20.2 Å². The maximum atomic E-state index is 12.0. The minimum Gasteiger partial charge on any atom is -0.446 e. The summed E-state index contributed by atoms with van der Waals surface area (Å²) >= 11 is 0. The number of terminal acetylenes is 1. The van der Waals surface area contributed by atoms with Crippen LogP contribution in [0.1, 0.15) is 27.7 Å². The molecular formula is C11H19O5P. The summed E-state index contributed by atoms with van der Waals surface area (Å²) in [5.41, 5.74) is -1.03. The van der Waals surface area contributed by atoms with Gasteiger partial charge in [-0.2, -0.15) is 0 Å². The first kappa shape index (κ1) is 16.2. The fourth-order valence-electron chi connectivity index (χ4n) is 1.03. The minimum absolute atomic E-state index is 0.198. The number of hydrogen-bond donors (Lipinski definition) is 0. The van der Waals surface area contributed by atoms with Gasteiger partial charge in [0.2, 0.25) is 0 Å². The third kappa shape index (κ3) is 6.48. The maximum Gasteiger partial charge on any atom is 0.341 e. The Hall–Kier alpha value is -0.820. The van der Waals surface area contributed by atoms with Gasteiger partial charge >= 0.3 is 13.6 Å². The van der Waals surface area contributed by atoms with Gasteiger partial charge < -0.3 is 13.8 Å². The molecule has 0 amide bonds. The molecule has 5 nitrogen and oxygen atoms in total. The van der Waals surface area contributed by atoms with Crippen LogP contribution < -0.4 is 0 Å². The third-order valence-electron chi connectivity index (χ3n) is 1.69. The van der Waals surface area contributed by atoms with Crippen LogP contribution in [0.15, 0.2) is 0 Å². The quantitative estimate of drug-likeness (QED) is 0.400. The van der Waals surface area contributed by atoms with Crippen LogP contribution in [-0.2, 0) is 23.1 Å². The zero-order chi connectivity index (χ0) is 13.5. The maximum absolute atomic E-state index is 12.0. The van der Waals surface area contributed by atoms with Crippen molar-refractivity contribution in [2.45, 2.75) is 33.3 Å². The van der Waals surface area contributed by atoms with Crippen molar-refractivity contribution in [3.05, 3.63) is 0 Å². The van der Waals surface area contributed by atoms with E-state index in [0.717, 1.165) is 0 Å². The third-order valence-corrected chi connectivity index (χ3v) is 3.64. The smallest absolute Gasteiger partial charge is 0.341 e. The molecule has 0 aromatic heterocycles. The number of rotatable bonds is 7. The van der Waals surface area contributed by atoms with Crippen molar-refractivity contribution in [3.8, 4) is 12.3 Å². The molecule has 0 aliphatic heterocycles. The molecule has 0 saturated heterocycles. The summed E-state index contributed by atoms with van der Waals surface area (Å²) in [5.74, 6) is 1.61. The minimum atomic E-state index is -3.42. The van der Waals surface area contributed by atoms with E-state index < -0.39 is 25.3 Å². The highest BCUT2D eigenvalue weighted by atomic mass is 31.2. The zero-order valence-corrected chi connectivity index (χ0v) is 11.6. The van der Waals surface area contributed by atoms with Crippen LogP contribution in [0, 0.1) is 12.3 Å². The first-order valence-corrected chi connectivity index (χ1v) is 7.09. The highest BCUT2D eigenvalue weighted by molar-refractivity contribution is 7.54. The van der Waals surface area contributed by atoms with E-state index >= 15 is 0 Å². The lowest BCUT2D eigenvalue weighted by Gasteiger charge is -2.21. The molecule has 6 heteroatoms. The standard InChI is InChI=1S/C11H19O5P/c1-6-11(4,5)16-10(12)9-17(13,14-7-2)15-8-3/h1H,7-9H2,2-5H3. The van der Waals surface area contributed by atoms with Gasteiger partial charge in [0, 0.05) is 0 Å². The van der Waals surface area contributed by atoms with Crippen molar-refractivity contribution in [2.75, 3.05) is 19.4 Å². The topological polar surface area (TPSA) is 61.8 Å². The first-order chi connectivity index (χ1) is 7.78. The number of hydrogen-bond acceptors (Lipinski definition) is 5. The molecule has 0 saturated carbocycles. The molecular weight excluding hydrogens is 243 g/mol. The molecule has 0 aliphatic rings. The van der Waals surface area contributed by atoms with Gasteiger partial charge in [-0.3, -0.25) is 9.36 Å². The molecule has 0 rings (SSSR count). The van der Waals surface area contributed by atoms with E-state index in [-0.39, 0.29) is 13.2 Å². The van der Waals surface area contributed by atoms with Crippen LogP contribution >= 0.6 is 7.60 Å². The highest BCUT2D eigenvalue weighted by Crippen LogP contribution is 2.47. The molecule has 17 heavy (non-hydrogen) atoms. The molecule has 98 valence electrons. The molecule has 0 radical (unpaired) electrons. The Morgan fingerprint density at radius 1 is 1.29 bits per heavy atom. The molecule has 0 bridgehead atoms. The fraction of sp³-hybridized carbons (Fsp3) is 0.727. The predicted octanol–water partition coefficient (Wildman–Crippen LogP) is 2.21. The summed E-state index contributed by atoms with van der Waals surface area (Å²) in [7, 11) is -3.42. The number of carbonyl (C=O) groups is 1. The average molecular weight is 262 g/mol. The summed E-state index contributed by atoms with van der Waals surface area (Å²) in [6.45, 7) is 6.87. The van der Waals surface area contributed by atoms with Gasteiger partial charge in [-0.1, -0.05) is 5.92 Å². The van der Waals surface area contributed by atoms with Gasteiger partial charge in [0.15, 0.2) is 5.60 Å². The van der Waals surface area contributed by atoms with Crippen LogP contribution in [0.25, 0.3) is 0 Å². The highest BCUT2D eigenvalue weighted by Gasteiger charge is 2.31. The molecule has 0 aliphatic carbocycles. The van der Waals surface area contributed by atoms with Gasteiger partial charge in [-0.25, -0.2) is 0 Å². The molecule has 0 N–H and O–H groups in total. The molecule has 0 atom stereocenters. The lowest BCUT2D eigenvalue weighted by Crippen LogP contribution is -2.28. The van der Waals surface area contributed by atoms with E-state index in [2.05, 4.69) is 5.92 Å². The van der Waals surface area contributed by atoms with Crippen molar-refractivity contribution in [1.29, 1.82) is 0 Å². The van der Waals surface area contributed by atoms with Crippen LogP contribution in [0.4, 0.5) is 0 Å². The number of ether oxygens (including phenoxy) is 1. The van der Waals surface area contributed by atoms with Crippen LogP contribution in [0.5, 0.6) is 0 Å². The van der Waals surface area contributed by atoms with Gasteiger partial charge in [0.05, 0.1) is 13.2 Å². The van der Waals surface area contributed by atoms with E-state index in [1.54, 1.807) is 27.7 Å². The van der Waals surface area contributed by atoms with E-state index in [9.17, 15) is 9.36 Å². The summed E-state index contributed by atoms with van der Waals surface area (Å²) in [6.07, 6.45) is 4.75. The van der Waals surface area contributed by atoms with Crippen molar-refractivity contribution < 1.29 is 23.1 Å². The van der Waals surface area contributed by atoms with Crippen molar-refractivity contribution in [3.63, 3.8) is 0 Å². The van der Waals surface area contributed by atoms with Crippen molar-refractivity contribution >= 4 is 13.6 Å². The monoisotopic (exact) mass is 262 g/mol. The molecule has 0 aromatic carbocycles. The second-order valence-electron chi connectivity index (χ2n) is 3.73. The summed E-state index contributed by atoms with van der Waals surface area (Å²) in [5, 5.41) is 0.